The number of sulfonamides is 1. The van der Waals surface area contributed by atoms with Crippen LogP contribution in [0.2, 0.25) is 0 Å². The number of ether oxygens (including phenoxy) is 2. The second-order valence-electron chi connectivity index (χ2n) is 8.93. The molecule has 0 saturated heterocycles. The minimum absolute atomic E-state index is 0.131. The molecule has 2 heterocycles. The topological polar surface area (TPSA) is 122 Å². The number of benzene rings is 1. The molecular formula is C26H35N3O7S2. The Bertz CT molecular complexity index is 1250. The Labute approximate surface area is 228 Å². The molecule has 208 valence electrons. The van der Waals surface area contributed by atoms with Gasteiger partial charge in [0.05, 0.1) is 31.2 Å². The molecule has 2 amide bonds. The maximum Gasteiger partial charge on any atom is 0.409 e. The van der Waals surface area contributed by atoms with Crippen LogP contribution in [0, 0.1) is 0 Å². The van der Waals surface area contributed by atoms with Crippen molar-refractivity contribution in [3.63, 3.8) is 0 Å². The first-order valence-corrected chi connectivity index (χ1v) is 14.9. The zero-order chi connectivity index (χ0) is 27.9. The highest BCUT2D eigenvalue weighted by Crippen LogP contribution is 2.38. The molecule has 1 aromatic heterocycles. The number of amides is 2. The van der Waals surface area contributed by atoms with Gasteiger partial charge < -0.3 is 19.7 Å². The van der Waals surface area contributed by atoms with Gasteiger partial charge in [-0.05, 0) is 49.1 Å². The van der Waals surface area contributed by atoms with Crippen LogP contribution in [0.15, 0.2) is 29.2 Å². The van der Waals surface area contributed by atoms with Crippen molar-refractivity contribution in [3.8, 4) is 0 Å². The van der Waals surface area contributed by atoms with Crippen molar-refractivity contribution in [3.05, 3.63) is 45.8 Å². The number of unbranched alkanes of at least 4 members (excludes halogenated alkanes) is 2. The number of anilines is 1. The van der Waals surface area contributed by atoms with Gasteiger partial charge in [0.1, 0.15) is 5.00 Å². The van der Waals surface area contributed by atoms with Crippen molar-refractivity contribution < 1.29 is 32.3 Å². The van der Waals surface area contributed by atoms with E-state index in [0.29, 0.717) is 31.1 Å². The summed E-state index contributed by atoms with van der Waals surface area (Å²) in [6, 6.07) is 5.79. The van der Waals surface area contributed by atoms with E-state index in [-0.39, 0.29) is 22.6 Å². The summed E-state index contributed by atoms with van der Waals surface area (Å²) in [5.41, 5.74) is 1.25. The number of thiophene rings is 1. The van der Waals surface area contributed by atoms with Crippen LogP contribution in [0.5, 0.6) is 0 Å². The average molecular weight is 566 g/mol. The highest BCUT2D eigenvalue weighted by molar-refractivity contribution is 7.89. The fourth-order valence-electron chi connectivity index (χ4n) is 4.22. The normalized spacial score (nSPS) is 13.2. The van der Waals surface area contributed by atoms with Crippen LogP contribution in [0.25, 0.3) is 0 Å². The summed E-state index contributed by atoms with van der Waals surface area (Å²) < 4.78 is 37.7. The number of hydrogen-bond donors (Lipinski definition) is 1. The molecular weight excluding hydrogens is 530 g/mol. The Morgan fingerprint density at radius 2 is 1.66 bits per heavy atom. The molecule has 2 aromatic rings. The molecule has 1 N–H and O–H groups in total. The second-order valence-corrected chi connectivity index (χ2v) is 12.0. The van der Waals surface area contributed by atoms with Crippen LogP contribution in [-0.4, -0.2) is 69.4 Å². The summed E-state index contributed by atoms with van der Waals surface area (Å²) in [6.45, 7) is 5.57. The third kappa shape index (κ3) is 6.54. The van der Waals surface area contributed by atoms with Gasteiger partial charge in [0, 0.05) is 30.1 Å². The summed E-state index contributed by atoms with van der Waals surface area (Å²) in [5, 5.41) is 3.10. The molecule has 0 radical (unpaired) electrons. The Hall–Kier alpha value is -2.96. The fraction of sp³-hybridized carbons (Fsp3) is 0.500. The molecule has 0 fully saturated rings. The average Bonchev–Trinajstić information content (AvgIpc) is 3.28. The van der Waals surface area contributed by atoms with Gasteiger partial charge in [0.2, 0.25) is 10.0 Å². The quantitative estimate of drug-likeness (QED) is 0.398. The maximum absolute atomic E-state index is 13.2. The number of methoxy groups -OCH3 is 2. The van der Waals surface area contributed by atoms with Crippen LogP contribution in [-0.2, 0) is 32.5 Å². The Balaban J connectivity index is 1.83. The lowest BCUT2D eigenvalue weighted by Gasteiger charge is -2.25. The SMILES string of the molecule is CCCCN(CCCC)S(=O)(=O)c1ccc(C(=O)Nc2sc3c(c2C(=O)OC)CCN(C(=O)OC)C3)cc1. The van der Waals surface area contributed by atoms with Crippen LogP contribution < -0.4 is 5.32 Å². The number of esters is 1. The van der Waals surface area contributed by atoms with Crippen molar-refractivity contribution in [1.82, 2.24) is 9.21 Å². The second kappa shape index (κ2) is 13.2. The molecule has 1 aliphatic rings. The van der Waals surface area contributed by atoms with Crippen molar-refractivity contribution in [1.29, 1.82) is 0 Å². The van der Waals surface area contributed by atoms with Gasteiger partial charge in [0.25, 0.3) is 5.91 Å². The van der Waals surface area contributed by atoms with E-state index in [1.54, 1.807) is 0 Å². The van der Waals surface area contributed by atoms with Crippen LogP contribution in [0.1, 0.15) is 70.7 Å². The van der Waals surface area contributed by atoms with Gasteiger partial charge in [-0.25, -0.2) is 18.0 Å². The fourth-order valence-corrected chi connectivity index (χ4v) is 6.98. The van der Waals surface area contributed by atoms with E-state index < -0.39 is 28.0 Å². The first-order chi connectivity index (χ1) is 18.2. The summed E-state index contributed by atoms with van der Waals surface area (Å²) >= 11 is 1.20. The largest absolute Gasteiger partial charge is 0.465 e. The van der Waals surface area contributed by atoms with E-state index in [9.17, 15) is 22.8 Å². The molecule has 38 heavy (non-hydrogen) atoms. The molecule has 3 rings (SSSR count). The van der Waals surface area contributed by atoms with Crippen LogP contribution in [0.3, 0.4) is 0 Å². The molecule has 0 atom stereocenters. The Kier molecular flexibility index (Phi) is 10.3. The Morgan fingerprint density at radius 1 is 1.03 bits per heavy atom. The van der Waals surface area contributed by atoms with E-state index in [1.165, 1.54) is 59.0 Å². The summed E-state index contributed by atoms with van der Waals surface area (Å²) in [4.78, 5) is 40.0. The number of fused-ring (bicyclic) bond motifs is 1. The molecule has 0 spiro atoms. The first-order valence-electron chi connectivity index (χ1n) is 12.6. The number of hydrogen-bond acceptors (Lipinski definition) is 8. The first kappa shape index (κ1) is 29.6. The minimum Gasteiger partial charge on any atom is -0.465 e. The summed E-state index contributed by atoms with van der Waals surface area (Å²) in [5.74, 6) is -1.07. The number of nitrogens with one attached hydrogen (secondary N) is 1. The molecule has 0 saturated carbocycles. The zero-order valence-corrected chi connectivity index (χ0v) is 23.9. The van der Waals surface area contributed by atoms with Gasteiger partial charge >= 0.3 is 12.1 Å². The molecule has 12 heteroatoms. The highest BCUT2D eigenvalue weighted by atomic mass is 32.2. The van der Waals surface area contributed by atoms with Gasteiger partial charge in [-0.15, -0.1) is 11.3 Å². The minimum atomic E-state index is -3.68. The van der Waals surface area contributed by atoms with E-state index >= 15 is 0 Å². The maximum atomic E-state index is 13.2. The van der Waals surface area contributed by atoms with E-state index in [1.807, 2.05) is 13.8 Å². The number of carbonyl (C=O) groups excluding carboxylic acids is 3. The van der Waals surface area contributed by atoms with E-state index in [4.69, 9.17) is 9.47 Å². The van der Waals surface area contributed by atoms with Crippen molar-refractivity contribution in [2.45, 2.75) is 57.4 Å². The number of rotatable bonds is 11. The predicted octanol–water partition coefficient (Wildman–Crippen LogP) is 4.50. The molecule has 0 bridgehead atoms. The third-order valence-electron chi connectivity index (χ3n) is 6.38. The highest BCUT2D eigenvalue weighted by Gasteiger charge is 2.31. The Morgan fingerprint density at radius 3 is 2.21 bits per heavy atom. The van der Waals surface area contributed by atoms with Crippen molar-refractivity contribution in [2.75, 3.05) is 39.2 Å². The van der Waals surface area contributed by atoms with Crippen LogP contribution in [0.4, 0.5) is 9.80 Å². The standard InChI is InChI=1S/C26H35N3O7S2/c1-5-7-14-29(15-8-6-2)38(33,34)19-11-9-18(10-12-19)23(30)27-24-22(25(31)35-3)20-13-16-28(26(32)36-4)17-21(20)37-24/h9-12H,5-8,13-17H2,1-4H3,(H,27,30). The molecule has 0 unspecified atom stereocenters. The van der Waals surface area contributed by atoms with Crippen molar-refractivity contribution >= 4 is 44.3 Å². The summed E-state index contributed by atoms with van der Waals surface area (Å²) in [7, 11) is -1.11. The molecule has 10 nitrogen and oxygen atoms in total. The smallest absolute Gasteiger partial charge is 0.409 e. The zero-order valence-electron chi connectivity index (χ0n) is 22.2. The lowest BCUT2D eigenvalue weighted by Crippen LogP contribution is -2.35. The number of nitrogens with zero attached hydrogens (tertiary/aromatic N) is 2. The van der Waals surface area contributed by atoms with Gasteiger partial charge in [-0.2, -0.15) is 4.31 Å². The summed E-state index contributed by atoms with van der Waals surface area (Å²) in [6.07, 6.45) is 3.27. The lowest BCUT2D eigenvalue weighted by molar-refractivity contribution is 0.0600. The van der Waals surface area contributed by atoms with E-state index in [2.05, 4.69) is 5.32 Å². The number of carbonyl (C=O) groups is 3. The molecule has 1 aliphatic heterocycles. The van der Waals surface area contributed by atoms with E-state index in [0.717, 1.165) is 36.1 Å². The third-order valence-corrected chi connectivity index (χ3v) is 9.43. The lowest BCUT2D eigenvalue weighted by atomic mass is 10.0. The van der Waals surface area contributed by atoms with Crippen molar-refractivity contribution in [2.24, 2.45) is 0 Å². The van der Waals surface area contributed by atoms with Gasteiger partial charge in [-0.1, -0.05) is 26.7 Å². The van der Waals surface area contributed by atoms with Crippen LogP contribution >= 0.6 is 11.3 Å². The van der Waals surface area contributed by atoms with Gasteiger partial charge in [-0.3, -0.25) is 4.79 Å². The van der Waals surface area contributed by atoms with Gasteiger partial charge in [0.15, 0.2) is 0 Å². The molecule has 0 aliphatic carbocycles. The predicted molar refractivity (Wildman–Crippen MR) is 145 cm³/mol. The molecule has 1 aromatic carbocycles. The monoisotopic (exact) mass is 565 g/mol.